The molecule has 0 radical (unpaired) electrons. The number of rotatable bonds is 5. The summed E-state index contributed by atoms with van der Waals surface area (Å²) >= 11 is 0. The Morgan fingerprint density at radius 2 is 2.14 bits per heavy atom. The molecule has 0 aliphatic carbocycles. The monoisotopic (exact) mass is 293 g/mol. The van der Waals surface area contributed by atoms with Gasteiger partial charge in [0.15, 0.2) is 0 Å². The van der Waals surface area contributed by atoms with Crippen LogP contribution in [0.1, 0.15) is 39.7 Å². The van der Waals surface area contributed by atoms with Crippen LogP contribution >= 0.6 is 0 Å². The average molecular weight is 293 g/mol. The van der Waals surface area contributed by atoms with Gasteiger partial charge in [0.2, 0.25) is 0 Å². The molecule has 1 aromatic rings. The van der Waals surface area contributed by atoms with Gasteiger partial charge in [-0.3, -0.25) is 9.88 Å². The molecule has 1 aliphatic heterocycles. The second kappa shape index (κ2) is 7.32. The minimum atomic E-state index is -0.247. The Hall–Kier alpha value is -1.00. The minimum absolute atomic E-state index is 0.247. The second-order valence-electron chi connectivity index (χ2n) is 6.65. The predicted molar refractivity (Wildman–Crippen MR) is 84.5 cm³/mol. The number of hydrogen-bond acceptors (Lipinski definition) is 3. The summed E-state index contributed by atoms with van der Waals surface area (Å²) in [6.45, 7) is 11.9. The summed E-state index contributed by atoms with van der Waals surface area (Å²) in [4.78, 5) is 6.48. The number of pyridine rings is 1. The fraction of sp³-hybridized carbons (Fsp3) is 0.706. The first-order valence-electron chi connectivity index (χ1n) is 8.08. The Kier molecular flexibility index (Phi) is 5.71. The van der Waals surface area contributed by atoms with Gasteiger partial charge in [0.25, 0.3) is 0 Å². The third kappa shape index (κ3) is 4.24. The smallest absolute Gasteiger partial charge is 0.141 e. The summed E-state index contributed by atoms with van der Waals surface area (Å²) < 4.78 is 13.4. The van der Waals surface area contributed by atoms with Crippen LogP contribution < -0.4 is 5.32 Å². The molecule has 1 fully saturated rings. The lowest BCUT2D eigenvalue weighted by atomic mass is 9.91. The topological polar surface area (TPSA) is 28.2 Å². The van der Waals surface area contributed by atoms with Crippen LogP contribution in [0.3, 0.4) is 0 Å². The fourth-order valence-corrected chi connectivity index (χ4v) is 3.09. The van der Waals surface area contributed by atoms with Crippen molar-refractivity contribution in [3.05, 3.63) is 29.8 Å². The first-order valence-corrected chi connectivity index (χ1v) is 8.08. The first kappa shape index (κ1) is 16.4. The highest BCUT2D eigenvalue weighted by Gasteiger charge is 2.31. The molecule has 0 bridgehead atoms. The van der Waals surface area contributed by atoms with Crippen molar-refractivity contribution in [2.45, 2.75) is 52.7 Å². The van der Waals surface area contributed by atoms with Crippen LogP contribution in [-0.4, -0.2) is 35.1 Å². The number of nitrogens with one attached hydrogen (secondary N) is 1. The van der Waals surface area contributed by atoms with Crippen LogP contribution in [0.5, 0.6) is 0 Å². The third-order valence-electron chi connectivity index (χ3n) is 4.74. The lowest BCUT2D eigenvalue weighted by molar-refractivity contribution is 0.0721. The lowest BCUT2D eigenvalue weighted by Gasteiger charge is -2.44. The van der Waals surface area contributed by atoms with E-state index < -0.39 is 0 Å². The maximum atomic E-state index is 13.4. The van der Waals surface area contributed by atoms with Gasteiger partial charge in [-0.25, -0.2) is 4.39 Å². The average Bonchev–Trinajstić information content (AvgIpc) is 2.46. The zero-order valence-corrected chi connectivity index (χ0v) is 13.6. The summed E-state index contributed by atoms with van der Waals surface area (Å²) in [7, 11) is 0. The van der Waals surface area contributed by atoms with Crippen molar-refractivity contribution in [2.24, 2.45) is 11.8 Å². The Balaban J connectivity index is 2.12. The van der Waals surface area contributed by atoms with Gasteiger partial charge < -0.3 is 5.32 Å². The summed E-state index contributed by atoms with van der Waals surface area (Å²) in [5, 5.41) is 3.68. The Bertz CT molecular complexity index is 449. The second-order valence-corrected chi connectivity index (χ2v) is 6.65. The highest BCUT2D eigenvalue weighted by Crippen LogP contribution is 2.22. The van der Waals surface area contributed by atoms with Gasteiger partial charge in [-0.15, -0.1) is 0 Å². The van der Waals surface area contributed by atoms with Gasteiger partial charge in [0.1, 0.15) is 5.82 Å². The van der Waals surface area contributed by atoms with E-state index in [4.69, 9.17) is 0 Å². The van der Waals surface area contributed by atoms with Crippen LogP contribution in [0.25, 0.3) is 0 Å². The molecule has 1 saturated heterocycles. The van der Waals surface area contributed by atoms with Crippen molar-refractivity contribution < 1.29 is 4.39 Å². The van der Waals surface area contributed by atoms with E-state index in [1.807, 2.05) is 0 Å². The van der Waals surface area contributed by atoms with Crippen molar-refractivity contribution in [1.29, 1.82) is 0 Å². The van der Waals surface area contributed by atoms with Crippen LogP contribution in [0.4, 0.5) is 4.39 Å². The molecule has 21 heavy (non-hydrogen) atoms. The van der Waals surface area contributed by atoms with E-state index in [9.17, 15) is 4.39 Å². The van der Waals surface area contributed by atoms with E-state index in [1.165, 1.54) is 6.20 Å². The molecule has 3 atom stereocenters. The fourth-order valence-electron chi connectivity index (χ4n) is 3.09. The maximum Gasteiger partial charge on any atom is 0.141 e. The van der Waals surface area contributed by atoms with E-state index in [-0.39, 0.29) is 5.82 Å². The first-order chi connectivity index (χ1) is 10.0. The summed E-state index contributed by atoms with van der Waals surface area (Å²) in [6, 6.07) is 2.62. The van der Waals surface area contributed by atoms with Crippen LogP contribution in [0, 0.1) is 17.7 Å². The molecule has 3 nitrogen and oxygen atoms in total. The highest BCUT2D eigenvalue weighted by atomic mass is 19.1. The SMILES string of the molecule is CCC(C)C1CNC(C(C)C)CN1Cc1cncc(F)c1. The zero-order valence-electron chi connectivity index (χ0n) is 13.6. The minimum Gasteiger partial charge on any atom is -0.311 e. The van der Waals surface area contributed by atoms with Crippen molar-refractivity contribution in [3.63, 3.8) is 0 Å². The summed E-state index contributed by atoms with van der Waals surface area (Å²) in [6.07, 6.45) is 4.21. The molecular weight excluding hydrogens is 265 g/mol. The molecule has 2 rings (SSSR count). The van der Waals surface area contributed by atoms with Crippen molar-refractivity contribution in [3.8, 4) is 0 Å². The largest absolute Gasteiger partial charge is 0.311 e. The van der Waals surface area contributed by atoms with Crippen LogP contribution in [-0.2, 0) is 6.54 Å². The number of piperazine rings is 1. The molecule has 118 valence electrons. The quantitative estimate of drug-likeness (QED) is 0.904. The van der Waals surface area contributed by atoms with Crippen molar-refractivity contribution >= 4 is 0 Å². The zero-order chi connectivity index (χ0) is 15.4. The Morgan fingerprint density at radius 1 is 1.38 bits per heavy atom. The Labute approximate surface area is 127 Å². The molecular formula is C17H28FN3. The van der Waals surface area contributed by atoms with E-state index in [1.54, 1.807) is 12.3 Å². The van der Waals surface area contributed by atoms with Gasteiger partial charge in [0.05, 0.1) is 6.20 Å². The summed E-state index contributed by atoms with van der Waals surface area (Å²) in [5.74, 6) is 0.992. The van der Waals surface area contributed by atoms with Gasteiger partial charge in [-0.05, 0) is 23.5 Å². The van der Waals surface area contributed by atoms with E-state index in [0.717, 1.165) is 31.6 Å². The van der Waals surface area contributed by atoms with Gasteiger partial charge in [0, 0.05) is 37.9 Å². The number of nitrogens with zero attached hydrogens (tertiary/aromatic N) is 2. The van der Waals surface area contributed by atoms with E-state index in [2.05, 4.69) is 42.9 Å². The van der Waals surface area contributed by atoms with Gasteiger partial charge >= 0.3 is 0 Å². The molecule has 0 saturated carbocycles. The predicted octanol–water partition coefficient (Wildman–Crippen LogP) is 3.07. The summed E-state index contributed by atoms with van der Waals surface area (Å²) in [5.41, 5.74) is 0.965. The van der Waals surface area contributed by atoms with E-state index in [0.29, 0.717) is 23.9 Å². The van der Waals surface area contributed by atoms with Crippen molar-refractivity contribution in [1.82, 2.24) is 15.2 Å². The molecule has 1 N–H and O–H groups in total. The van der Waals surface area contributed by atoms with Crippen molar-refractivity contribution in [2.75, 3.05) is 13.1 Å². The highest BCUT2D eigenvalue weighted by molar-refractivity contribution is 5.11. The number of halogens is 1. The standard InChI is InChI=1S/C17H28FN3/c1-5-13(4)17-9-20-16(12(2)3)11-21(17)10-14-6-15(18)8-19-7-14/h6-8,12-13,16-17,20H,5,9-11H2,1-4H3. The molecule has 3 unspecified atom stereocenters. The molecule has 1 aliphatic rings. The molecule has 1 aromatic heterocycles. The lowest BCUT2D eigenvalue weighted by Crippen LogP contribution is -2.59. The molecule has 0 spiro atoms. The third-order valence-corrected chi connectivity index (χ3v) is 4.74. The molecule has 0 aromatic carbocycles. The van der Waals surface area contributed by atoms with E-state index >= 15 is 0 Å². The maximum absolute atomic E-state index is 13.4. The molecule has 0 amide bonds. The molecule has 2 heterocycles. The van der Waals surface area contributed by atoms with Gasteiger partial charge in [-0.2, -0.15) is 0 Å². The van der Waals surface area contributed by atoms with Crippen LogP contribution in [0.15, 0.2) is 18.5 Å². The number of aromatic nitrogens is 1. The van der Waals surface area contributed by atoms with Gasteiger partial charge in [-0.1, -0.05) is 34.1 Å². The molecule has 4 heteroatoms. The number of hydrogen-bond donors (Lipinski definition) is 1. The Morgan fingerprint density at radius 3 is 2.76 bits per heavy atom. The van der Waals surface area contributed by atoms with Crippen LogP contribution in [0.2, 0.25) is 0 Å². The normalized spacial score (nSPS) is 25.2.